The molecule has 2 rings (SSSR count). The summed E-state index contributed by atoms with van der Waals surface area (Å²) in [5, 5.41) is 0. The Hall–Kier alpha value is -1.49. The summed E-state index contributed by atoms with van der Waals surface area (Å²) < 4.78 is 37.9. The van der Waals surface area contributed by atoms with Crippen LogP contribution in [0.3, 0.4) is 0 Å². The van der Waals surface area contributed by atoms with E-state index in [-0.39, 0.29) is 4.90 Å². The number of halogens is 3. The van der Waals surface area contributed by atoms with E-state index in [1.807, 2.05) is 0 Å². The molecule has 0 aliphatic heterocycles. The average Bonchev–Trinajstić information content (AvgIpc) is 2.29. The maximum Gasteiger partial charge on any atom is 0.434 e. The first-order valence-electron chi connectivity index (χ1n) is 4.81. The lowest BCUT2D eigenvalue weighted by molar-refractivity contribution is -0.143. The van der Waals surface area contributed by atoms with Gasteiger partial charge in [-0.1, -0.05) is 30.3 Å². The maximum atomic E-state index is 12.6. The maximum absolute atomic E-state index is 12.6. The Morgan fingerprint density at radius 2 is 1.65 bits per heavy atom. The largest absolute Gasteiger partial charge is 0.434 e. The van der Waals surface area contributed by atoms with Crippen molar-refractivity contribution in [3.8, 4) is 11.1 Å². The highest BCUT2D eigenvalue weighted by atomic mass is 32.1. The smallest absolute Gasteiger partial charge is 0.251 e. The lowest BCUT2D eigenvalue weighted by Gasteiger charge is -2.11. The topological polar surface area (TPSA) is 12.9 Å². The van der Waals surface area contributed by atoms with Crippen LogP contribution in [0.4, 0.5) is 13.2 Å². The summed E-state index contributed by atoms with van der Waals surface area (Å²) in [6.07, 6.45) is -3.34. The summed E-state index contributed by atoms with van der Waals surface area (Å²) in [4.78, 5) is 3.19. The molecule has 17 heavy (non-hydrogen) atoms. The van der Waals surface area contributed by atoms with Crippen LogP contribution >= 0.6 is 12.6 Å². The Bertz CT molecular complexity index is 523. The van der Waals surface area contributed by atoms with Gasteiger partial charge in [-0.15, -0.1) is 12.6 Å². The van der Waals surface area contributed by atoms with Gasteiger partial charge in [-0.2, -0.15) is 13.2 Å². The van der Waals surface area contributed by atoms with Crippen molar-refractivity contribution in [1.29, 1.82) is 0 Å². The zero-order valence-corrected chi connectivity index (χ0v) is 9.46. The second-order valence-electron chi connectivity index (χ2n) is 3.42. The van der Waals surface area contributed by atoms with Crippen molar-refractivity contribution in [3.63, 3.8) is 0 Å². The van der Waals surface area contributed by atoms with Crippen molar-refractivity contribution >= 4 is 12.6 Å². The van der Waals surface area contributed by atoms with Crippen LogP contribution in [-0.4, -0.2) is 4.98 Å². The van der Waals surface area contributed by atoms with Crippen LogP contribution in [0.5, 0.6) is 0 Å². The Morgan fingerprint density at radius 1 is 1.00 bits per heavy atom. The Balaban J connectivity index is 2.58. The minimum atomic E-state index is -4.48. The Morgan fingerprint density at radius 3 is 2.24 bits per heavy atom. The van der Waals surface area contributed by atoms with E-state index in [2.05, 4.69) is 17.6 Å². The van der Waals surface area contributed by atoms with E-state index in [1.54, 1.807) is 30.3 Å². The minimum absolute atomic E-state index is 0.147. The van der Waals surface area contributed by atoms with Crippen LogP contribution in [0.1, 0.15) is 5.69 Å². The van der Waals surface area contributed by atoms with Gasteiger partial charge in [-0.3, -0.25) is 4.98 Å². The normalized spacial score (nSPS) is 11.5. The monoisotopic (exact) mass is 255 g/mol. The van der Waals surface area contributed by atoms with Crippen LogP contribution in [-0.2, 0) is 6.18 Å². The number of hydrogen-bond donors (Lipinski definition) is 1. The summed E-state index contributed by atoms with van der Waals surface area (Å²) in [6.45, 7) is 0. The summed E-state index contributed by atoms with van der Waals surface area (Å²) in [5.41, 5.74) is 0.156. The summed E-state index contributed by atoms with van der Waals surface area (Å²) in [5.74, 6) is 0. The molecule has 0 N–H and O–H groups in total. The van der Waals surface area contributed by atoms with E-state index >= 15 is 0 Å². The molecule has 1 aromatic heterocycles. The number of rotatable bonds is 1. The lowest BCUT2D eigenvalue weighted by Crippen LogP contribution is -2.09. The second-order valence-corrected chi connectivity index (χ2v) is 3.87. The van der Waals surface area contributed by atoms with Gasteiger partial charge >= 0.3 is 6.18 Å². The number of alkyl halides is 3. The molecule has 1 nitrogen and oxygen atoms in total. The molecule has 0 saturated carbocycles. The minimum Gasteiger partial charge on any atom is -0.251 e. The predicted octanol–water partition coefficient (Wildman–Crippen LogP) is 4.06. The highest BCUT2D eigenvalue weighted by Crippen LogP contribution is 2.36. The quantitative estimate of drug-likeness (QED) is 0.758. The molecule has 0 spiro atoms. The van der Waals surface area contributed by atoms with Crippen LogP contribution < -0.4 is 0 Å². The van der Waals surface area contributed by atoms with Gasteiger partial charge in [0, 0.05) is 11.1 Å². The average molecular weight is 255 g/mol. The molecule has 1 aromatic carbocycles. The second kappa shape index (κ2) is 4.41. The highest BCUT2D eigenvalue weighted by molar-refractivity contribution is 7.80. The van der Waals surface area contributed by atoms with E-state index in [9.17, 15) is 13.2 Å². The van der Waals surface area contributed by atoms with Gasteiger partial charge in [0.15, 0.2) is 5.69 Å². The standard InChI is InChI=1S/C12H8F3NS/c13-12(14,15)11-10(17)9(6-7-16-11)8-4-2-1-3-5-8/h1-7,17H. The van der Waals surface area contributed by atoms with E-state index in [0.717, 1.165) is 6.20 Å². The molecule has 5 heteroatoms. The molecule has 0 aliphatic carbocycles. The zero-order valence-electron chi connectivity index (χ0n) is 8.57. The fourth-order valence-electron chi connectivity index (χ4n) is 1.51. The Labute approximate surface area is 102 Å². The van der Waals surface area contributed by atoms with Gasteiger partial charge in [0.25, 0.3) is 0 Å². The fraction of sp³-hybridized carbons (Fsp3) is 0.0833. The molecule has 0 unspecified atom stereocenters. The number of aromatic nitrogens is 1. The van der Waals surface area contributed by atoms with Crippen molar-refractivity contribution in [2.45, 2.75) is 11.1 Å². The molecule has 0 radical (unpaired) electrons. The SMILES string of the molecule is FC(F)(F)c1nccc(-c2ccccc2)c1S. The molecule has 0 saturated heterocycles. The third kappa shape index (κ3) is 2.44. The van der Waals surface area contributed by atoms with Crippen LogP contribution in [0.2, 0.25) is 0 Å². The van der Waals surface area contributed by atoms with Crippen molar-refractivity contribution in [2.24, 2.45) is 0 Å². The molecular formula is C12H8F3NS. The third-order valence-electron chi connectivity index (χ3n) is 2.28. The molecular weight excluding hydrogens is 247 g/mol. The summed E-state index contributed by atoms with van der Waals surface area (Å²) in [7, 11) is 0. The number of pyridine rings is 1. The van der Waals surface area contributed by atoms with E-state index in [1.165, 1.54) is 6.07 Å². The van der Waals surface area contributed by atoms with E-state index in [0.29, 0.717) is 11.1 Å². The van der Waals surface area contributed by atoms with Crippen LogP contribution in [0, 0.1) is 0 Å². The van der Waals surface area contributed by atoms with Crippen molar-refractivity contribution in [1.82, 2.24) is 4.98 Å². The number of hydrogen-bond acceptors (Lipinski definition) is 2. The van der Waals surface area contributed by atoms with Gasteiger partial charge < -0.3 is 0 Å². The molecule has 88 valence electrons. The van der Waals surface area contributed by atoms with E-state index < -0.39 is 11.9 Å². The first-order chi connectivity index (χ1) is 8.00. The molecule has 1 heterocycles. The summed E-state index contributed by atoms with van der Waals surface area (Å²) >= 11 is 3.93. The number of nitrogens with zero attached hydrogens (tertiary/aromatic N) is 1. The number of benzene rings is 1. The molecule has 0 amide bonds. The fourth-order valence-corrected chi connectivity index (χ4v) is 1.90. The molecule has 0 atom stereocenters. The Kier molecular flexibility index (Phi) is 3.11. The molecule has 0 fully saturated rings. The molecule has 0 bridgehead atoms. The highest BCUT2D eigenvalue weighted by Gasteiger charge is 2.35. The predicted molar refractivity (Wildman–Crippen MR) is 61.9 cm³/mol. The van der Waals surface area contributed by atoms with Crippen LogP contribution in [0.15, 0.2) is 47.5 Å². The van der Waals surface area contributed by atoms with E-state index in [4.69, 9.17) is 0 Å². The van der Waals surface area contributed by atoms with Gasteiger partial charge in [0.1, 0.15) is 0 Å². The molecule has 2 aromatic rings. The third-order valence-corrected chi connectivity index (χ3v) is 2.73. The zero-order chi connectivity index (χ0) is 12.5. The van der Waals surface area contributed by atoms with Crippen molar-refractivity contribution in [3.05, 3.63) is 48.3 Å². The lowest BCUT2D eigenvalue weighted by atomic mass is 10.1. The molecule has 0 aliphatic rings. The van der Waals surface area contributed by atoms with Crippen molar-refractivity contribution in [2.75, 3.05) is 0 Å². The first kappa shape index (κ1) is 12.0. The number of thiol groups is 1. The van der Waals surface area contributed by atoms with Crippen LogP contribution in [0.25, 0.3) is 11.1 Å². The first-order valence-corrected chi connectivity index (χ1v) is 5.25. The summed E-state index contributed by atoms with van der Waals surface area (Å²) in [6, 6.07) is 10.3. The van der Waals surface area contributed by atoms with Gasteiger partial charge in [-0.05, 0) is 17.2 Å². The van der Waals surface area contributed by atoms with Gasteiger partial charge in [-0.25, -0.2) is 0 Å². The van der Waals surface area contributed by atoms with Gasteiger partial charge in [0.05, 0.1) is 0 Å². The van der Waals surface area contributed by atoms with Crippen molar-refractivity contribution < 1.29 is 13.2 Å². The van der Waals surface area contributed by atoms with Gasteiger partial charge in [0.2, 0.25) is 0 Å².